The summed E-state index contributed by atoms with van der Waals surface area (Å²) in [7, 11) is 4.15. The molecule has 0 spiro atoms. The van der Waals surface area contributed by atoms with E-state index in [-0.39, 0.29) is 17.1 Å². The van der Waals surface area contributed by atoms with Gasteiger partial charge in [-0.05, 0) is 27.1 Å². The van der Waals surface area contributed by atoms with E-state index < -0.39 is 0 Å². The van der Waals surface area contributed by atoms with Crippen LogP contribution >= 0.6 is 0 Å². The summed E-state index contributed by atoms with van der Waals surface area (Å²) in [5.41, 5.74) is 4.16. The number of hydrogen-bond donors (Lipinski definition) is 0. The van der Waals surface area contributed by atoms with Crippen LogP contribution in [0.2, 0.25) is 0 Å². The minimum absolute atomic E-state index is 0. The molecule has 1 nitrogen and oxygen atoms in total. The molecule has 0 saturated heterocycles. The second-order valence-corrected chi connectivity index (χ2v) is 5.49. The Morgan fingerprint density at radius 3 is 1.73 bits per heavy atom. The Morgan fingerprint density at radius 2 is 1.23 bits per heavy atom. The fourth-order valence-electron chi connectivity index (χ4n) is 2.25. The molecule has 3 aromatic carbocycles. The Morgan fingerprint density at radius 1 is 0.727 bits per heavy atom. The molecular weight excluding hydrogens is 310 g/mol. The Labute approximate surface area is 144 Å². The Kier molecular flexibility index (Phi) is 8.54. The van der Waals surface area contributed by atoms with E-state index in [1.807, 2.05) is 0 Å². The van der Waals surface area contributed by atoms with Gasteiger partial charge in [-0.1, -0.05) is 35.9 Å². The number of nitrogens with zero attached hydrogens (tertiary/aromatic N) is 1. The van der Waals surface area contributed by atoms with Crippen LogP contribution in [-0.2, 0) is 30.0 Å². The molecular formula is C20H23FeN. The molecule has 0 radical (unpaired) electrons. The van der Waals surface area contributed by atoms with E-state index in [0.29, 0.717) is 0 Å². The summed E-state index contributed by atoms with van der Waals surface area (Å²) in [6, 6.07) is 27.4. The summed E-state index contributed by atoms with van der Waals surface area (Å²) in [5, 5.41) is 0. The van der Waals surface area contributed by atoms with Gasteiger partial charge >= 0.3 is 17.1 Å². The zero-order valence-corrected chi connectivity index (χ0v) is 14.3. The average molecular weight is 333 g/mol. The van der Waals surface area contributed by atoms with Crippen molar-refractivity contribution >= 4 is 0 Å². The maximum Gasteiger partial charge on any atom is 2.00 e. The molecule has 0 fully saturated rings. The quantitative estimate of drug-likeness (QED) is 0.503. The van der Waals surface area contributed by atoms with Gasteiger partial charge in [-0.25, -0.2) is 24.3 Å². The van der Waals surface area contributed by atoms with Gasteiger partial charge in [0.05, 0.1) is 0 Å². The van der Waals surface area contributed by atoms with Crippen molar-refractivity contribution in [3.63, 3.8) is 0 Å². The van der Waals surface area contributed by atoms with E-state index in [9.17, 15) is 0 Å². The topological polar surface area (TPSA) is 3.24 Å². The van der Waals surface area contributed by atoms with Gasteiger partial charge in [0.1, 0.15) is 0 Å². The summed E-state index contributed by atoms with van der Waals surface area (Å²) < 4.78 is 0. The SMILES string of the molecule is CN(C)C[c-]1cccc1.[Fe+2].c1ccc(C[c-]2cccc2)cc1. The molecule has 0 bridgehead atoms. The van der Waals surface area contributed by atoms with Crippen LogP contribution < -0.4 is 0 Å². The van der Waals surface area contributed by atoms with Crippen molar-refractivity contribution in [2.45, 2.75) is 13.0 Å². The molecule has 0 aliphatic rings. The maximum absolute atomic E-state index is 2.16. The van der Waals surface area contributed by atoms with Crippen molar-refractivity contribution in [1.82, 2.24) is 4.90 Å². The van der Waals surface area contributed by atoms with Crippen molar-refractivity contribution in [1.29, 1.82) is 0 Å². The minimum atomic E-state index is 0. The van der Waals surface area contributed by atoms with Crippen LogP contribution in [0.15, 0.2) is 78.9 Å². The van der Waals surface area contributed by atoms with Crippen LogP contribution in [0, 0.1) is 0 Å². The largest absolute Gasteiger partial charge is 2.00 e. The van der Waals surface area contributed by atoms with E-state index >= 15 is 0 Å². The molecule has 0 aliphatic heterocycles. The zero-order valence-electron chi connectivity index (χ0n) is 13.2. The molecule has 0 saturated carbocycles. The van der Waals surface area contributed by atoms with Crippen LogP contribution in [0.4, 0.5) is 0 Å². The normalized spacial score (nSPS) is 9.77. The fourth-order valence-corrected chi connectivity index (χ4v) is 2.25. The number of hydrogen-bond acceptors (Lipinski definition) is 1. The Balaban J connectivity index is 0.000000219. The first kappa shape index (κ1) is 18.4. The second-order valence-electron chi connectivity index (χ2n) is 5.49. The van der Waals surface area contributed by atoms with E-state index in [0.717, 1.165) is 13.0 Å². The van der Waals surface area contributed by atoms with E-state index in [2.05, 4.69) is 97.9 Å². The first-order valence-corrected chi connectivity index (χ1v) is 7.34. The summed E-state index contributed by atoms with van der Waals surface area (Å²) in [6.45, 7) is 1.05. The molecule has 0 aliphatic carbocycles. The number of benzene rings is 1. The minimum Gasteiger partial charge on any atom is -0.316 e. The van der Waals surface area contributed by atoms with Gasteiger partial charge in [-0.2, -0.15) is 29.8 Å². The predicted molar refractivity (Wildman–Crippen MR) is 90.7 cm³/mol. The molecule has 0 N–H and O–H groups in total. The van der Waals surface area contributed by atoms with Crippen LogP contribution in [0.5, 0.6) is 0 Å². The first-order valence-electron chi connectivity index (χ1n) is 7.34. The molecule has 0 aromatic heterocycles. The third-order valence-corrected chi connectivity index (χ3v) is 3.21. The van der Waals surface area contributed by atoms with E-state index in [4.69, 9.17) is 0 Å². The summed E-state index contributed by atoms with van der Waals surface area (Å²) >= 11 is 0. The standard InChI is InChI=1S/C12H11.C8H12N.Fe/c1-2-6-11(7-3-1)10-12-8-4-5-9-12;1-9(2)7-8-5-3-4-6-8;/h1-9H,10H2;3-6H,7H2,1-2H3;/q2*-1;+2. The molecule has 0 amide bonds. The van der Waals surface area contributed by atoms with Crippen LogP contribution in [-0.4, -0.2) is 19.0 Å². The van der Waals surface area contributed by atoms with Crippen LogP contribution in [0.3, 0.4) is 0 Å². The summed E-state index contributed by atoms with van der Waals surface area (Å²) in [4.78, 5) is 2.16. The number of rotatable bonds is 4. The third kappa shape index (κ3) is 6.91. The molecule has 0 heterocycles. The molecule has 116 valence electrons. The first-order chi connectivity index (χ1) is 10.2. The molecule has 3 rings (SSSR count). The van der Waals surface area contributed by atoms with E-state index in [1.54, 1.807) is 0 Å². The summed E-state index contributed by atoms with van der Waals surface area (Å²) in [5.74, 6) is 0. The van der Waals surface area contributed by atoms with Crippen LogP contribution in [0.1, 0.15) is 16.7 Å². The Bertz CT molecular complexity index is 580. The van der Waals surface area contributed by atoms with Gasteiger partial charge < -0.3 is 4.90 Å². The van der Waals surface area contributed by atoms with Crippen molar-refractivity contribution in [2.75, 3.05) is 14.1 Å². The molecule has 22 heavy (non-hydrogen) atoms. The Hall–Kier alpha value is -1.60. The smallest absolute Gasteiger partial charge is 0.316 e. The summed E-state index contributed by atoms with van der Waals surface area (Å²) in [6.07, 6.45) is 1.05. The molecule has 0 unspecified atom stereocenters. The van der Waals surface area contributed by atoms with Crippen LogP contribution in [0.25, 0.3) is 0 Å². The molecule has 3 aromatic rings. The van der Waals surface area contributed by atoms with Crippen molar-refractivity contribution in [2.24, 2.45) is 0 Å². The van der Waals surface area contributed by atoms with Gasteiger partial charge in [0.25, 0.3) is 0 Å². The molecule has 0 atom stereocenters. The predicted octanol–water partition coefficient (Wildman–Crippen LogP) is 4.46. The fraction of sp³-hybridized carbons (Fsp3) is 0.200. The van der Waals surface area contributed by atoms with Gasteiger partial charge in [0.15, 0.2) is 0 Å². The van der Waals surface area contributed by atoms with Crippen molar-refractivity contribution in [3.05, 3.63) is 95.6 Å². The zero-order chi connectivity index (χ0) is 14.9. The average Bonchev–Trinajstić information content (AvgIpc) is 3.14. The van der Waals surface area contributed by atoms with Crippen molar-refractivity contribution in [3.8, 4) is 0 Å². The monoisotopic (exact) mass is 333 g/mol. The van der Waals surface area contributed by atoms with Gasteiger partial charge in [0.2, 0.25) is 0 Å². The molecule has 2 heteroatoms. The maximum atomic E-state index is 2.16. The van der Waals surface area contributed by atoms with Gasteiger partial charge in [-0.15, -0.1) is 5.56 Å². The van der Waals surface area contributed by atoms with Gasteiger partial charge in [0, 0.05) is 0 Å². The second kappa shape index (κ2) is 10.2. The van der Waals surface area contributed by atoms with Gasteiger partial charge in [-0.3, -0.25) is 0 Å². The van der Waals surface area contributed by atoms with E-state index in [1.165, 1.54) is 16.7 Å². The third-order valence-electron chi connectivity index (χ3n) is 3.21. The van der Waals surface area contributed by atoms with Crippen molar-refractivity contribution < 1.29 is 17.1 Å².